The average Bonchev–Trinajstić information content (AvgIpc) is 3.34. The van der Waals surface area contributed by atoms with Crippen LogP contribution in [0.2, 0.25) is 0 Å². The van der Waals surface area contributed by atoms with Gasteiger partial charge in [-0.1, -0.05) is 30.0 Å². The first-order chi connectivity index (χ1) is 14.5. The van der Waals surface area contributed by atoms with E-state index in [4.69, 9.17) is 22.3 Å². The number of anilines is 1. The van der Waals surface area contributed by atoms with Gasteiger partial charge in [0.05, 0.1) is 10.5 Å². The van der Waals surface area contributed by atoms with Gasteiger partial charge in [0, 0.05) is 32.3 Å². The third-order valence-corrected chi connectivity index (χ3v) is 6.45. The van der Waals surface area contributed by atoms with Crippen molar-refractivity contribution in [1.29, 1.82) is 0 Å². The number of amides is 1. The number of carbonyl (C=O) groups is 2. The van der Waals surface area contributed by atoms with Crippen LogP contribution in [0.3, 0.4) is 0 Å². The lowest BCUT2D eigenvalue weighted by molar-refractivity contribution is -0.137. The molecule has 0 atom stereocenters. The number of rotatable bonds is 6. The lowest BCUT2D eigenvalue weighted by Gasteiger charge is -2.19. The Labute approximate surface area is 182 Å². The maximum Gasteiger partial charge on any atom is 0.303 e. The number of aliphatic carboxylic acids is 1. The van der Waals surface area contributed by atoms with Gasteiger partial charge in [-0.2, -0.15) is 0 Å². The van der Waals surface area contributed by atoms with Crippen molar-refractivity contribution in [3.63, 3.8) is 0 Å². The molecule has 0 saturated carbocycles. The molecule has 4 rings (SSSR count). The number of nitrogens with zero attached hydrogens (tertiary/aromatic N) is 4. The van der Waals surface area contributed by atoms with E-state index in [0.717, 1.165) is 37.7 Å². The van der Waals surface area contributed by atoms with Crippen LogP contribution in [0.1, 0.15) is 31.2 Å². The molecule has 0 aromatic carbocycles. The third kappa shape index (κ3) is 3.97. The fourth-order valence-corrected chi connectivity index (χ4v) is 4.89. The molecule has 2 aromatic heterocycles. The van der Waals surface area contributed by atoms with Crippen molar-refractivity contribution in [2.24, 2.45) is 0 Å². The smallest absolute Gasteiger partial charge is 0.303 e. The molecule has 0 bridgehead atoms. The number of hydrogen-bond donors (Lipinski definition) is 1. The summed E-state index contributed by atoms with van der Waals surface area (Å²) < 4.78 is 1.84. The van der Waals surface area contributed by atoms with Crippen molar-refractivity contribution < 1.29 is 14.7 Å². The third-order valence-electron chi connectivity index (χ3n) is 5.08. The standard InChI is InChI=1S/C20H20N4O4S2/c25-16(26)7-5-11-24-19(28)14(30-20(24)29)12-13-17(22-8-3-4-9-22)21-15-6-1-2-10-23(15)18(13)27/h1-2,6,10,12H,3-5,7-9,11H2,(H,25,26)/b14-12+. The molecule has 0 radical (unpaired) electrons. The minimum Gasteiger partial charge on any atom is -0.481 e. The fourth-order valence-electron chi connectivity index (χ4n) is 3.60. The molecule has 0 spiro atoms. The summed E-state index contributed by atoms with van der Waals surface area (Å²) in [6.07, 6.45) is 5.58. The highest BCUT2D eigenvalue weighted by atomic mass is 32.2. The van der Waals surface area contributed by atoms with E-state index in [1.807, 2.05) is 6.07 Å². The molecule has 0 aliphatic carbocycles. The Hall–Kier alpha value is -2.72. The van der Waals surface area contributed by atoms with Crippen molar-refractivity contribution in [2.45, 2.75) is 25.7 Å². The van der Waals surface area contributed by atoms with E-state index in [1.54, 1.807) is 24.4 Å². The summed E-state index contributed by atoms with van der Waals surface area (Å²) in [5.41, 5.74) is 0.688. The number of carbonyl (C=O) groups excluding carboxylic acids is 1. The van der Waals surface area contributed by atoms with Gasteiger partial charge in [-0.05, 0) is 37.5 Å². The summed E-state index contributed by atoms with van der Waals surface area (Å²) in [5.74, 6) is -0.637. The highest BCUT2D eigenvalue weighted by Gasteiger charge is 2.32. The molecular formula is C20H20N4O4S2. The summed E-state index contributed by atoms with van der Waals surface area (Å²) in [6, 6.07) is 5.38. The molecule has 10 heteroatoms. The van der Waals surface area contributed by atoms with Gasteiger partial charge >= 0.3 is 5.97 Å². The molecule has 0 unspecified atom stereocenters. The zero-order valence-corrected chi connectivity index (χ0v) is 17.7. The van der Waals surface area contributed by atoms with E-state index < -0.39 is 5.97 Å². The molecule has 156 valence electrons. The van der Waals surface area contributed by atoms with Crippen LogP contribution in [-0.2, 0) is 9.59 Å². The Bertz CT molecular complexity index is 1120. The van der Waals surface area contributed by atoms with Gasteiger partial charge < -0.3 is 10.0 Å². The highest BCUT2D eigenvalue weighted by molar-refractivity contribution is 8.26. The van der Waals surface area contributed by atoms with Gasteiger partial charge in [-0.3, -0.25) is 23.7 Å². The van der Waals surface area contributed by atoms with E-state index >= 15 is 0 Å². The van der Waals surface area contributed by atoms with Crippen molar-refractivity contribution >= 4 is 57.7 Å². The normalized spacial score (nSPS) is 18.2. The molecule has 2 saturated heterocycles. The monoisotopic (exact) mass is 444 g/mol. The van der Waals surface area contributed by atoms with Crippen LogP contribution in [0.5, 0.6) is 0 Å². The van der Waals surface area contributed by atoms with Crippen molar-refractivity contribution in [1.82, 2.24) is 14.3 Å². The Morgan fingerprint density at radius 2 is 2.03 bits per heavy atom. The van der Waals surface area contributed by atoms with Crippen molar-refractivity contribution in [3.8, 4) is 0 Å². The Morgan fingerprint density at radius 3 is 2.77 bits per heavy atom. The van der Waals surface area contributed by atoms with Gasteiger partial charge in [0.25, 0.3) is 11.5 Å². The number of aromatic nitrogens is 2. The number of carboxylic acids is 1. The quantitative estimate of drug-likeness (QED) is 0.536. The van der Waals surface area contributed by atoms with Gasteiger partial charge in [0.15, 0.2) is 0 Å². The first kappa shape index (κ1) is 20.5. The summed E-state index contributed by atoms with van der Waals surface area (Å²) in [4.78, 5) is 45.4. The van der Waals surface area contributed by atoms with E-state index in [-0.39, 0.29) is 24.4 Å². The highest BCUT2D eigenvalue weighted by Crippen LogP contribution is 2.34. The molecule has 2 aromatic rings. The Kier molecular flexibility index (Phi) is 5.87. The van der Waals surface area contributed by atoms with Gasteiger partial charge in [0.1, 0.15) is 15.8 Å². The first-order valence-electron chi connectivity index (χ1n) is 9.69. The average molecular weight is 445 g/mol. The van der Waals surface area contributed by atoms with Crippen LogP contribution in [0, 0.1) is 0 Å². The summed E-state index contributed by atoms with van der Waals surface area (Å²) in [7, 11) is 0. The lowest BCUT2D eigenvalue weighted by atomic mass is 10.2. The second-order valence-electron chi connectivity index (χ2n) is 7.11. The number of hydrogen-bond acceptors (Lipinski definition) is 7. The second kappa shape index (κ2) is 8.57. The van der Waals surface area contributed by atoms with E-state index in [0.29, 0.717) is 32.7 Å². The number of thioether (sulfide) groups is 1. The van der Waals surface area contributed by atoms with Crippen LogP contribution < -0.4 is 10.5 Å². The largest absolute Gasteiger partial charge is 0.481 e. The minimum absolute atomic E-state index is 0.0365. The number of thiocarbonyl (C=S) groups is 1. The van der Waals surface area contributed by atoms with Crippen molar-refractivity contribution in [3.05, 3.63) is 45.2 Å². The van der Waals surface area contributed by atoms with Gasteiger partial charge in [0.2, 0.25) is 0 Å². The van der Waals surface area contributed by atoms with E-state index in [9.17, 15) is 14.4 Å². The van der Waals surface area contributed by atoms with Crippen LogP contribution in [0.4, 0.5) is 5.82 Å². The number of carboxylic acid groups (broad SMARTS) is 1. The Balaban J connectivity index is 1.73. The molecular weight excluding hydrogens is 424 g/mol. The van der Waals surface area contributed by atoms with Crippen LogP contribution in [-0.4, -0.2) is 55.2 Å². The van der Waals surface area contributed by atoms with E-state index in [2.05, 4.69) is 4.90 Å². The van der Waals surface area contributed by atoms with Crippen molar-refractivity contribution in [2.75, 3.05) is 24.5 Å². The maximum absolute atomic E-state index is 13.2. The molecule has 1 amide bonds. The minimum atomic E-state index is -0.915. The van der Waals surface area contributed by atoms with Crippen LogP contribution in [0.25, 0.3) is 11.7 Å². The molecule has 4 heterocycles. The molecule has 30 heavy (non-hydrogen) atoms. The molecule has 8 nitrogen and oxygen atoms in total. The predicted molar refractivity (Wildman–Crippen MR) is 120 cm³/mol. The summed E-state index contributed by atoms with van der Waals surface area (Å²) in [6.45, 7) is 1.86. The molecule has 1 N–H and O–H groups in total. The van der Waals surface area contributed by atoms with Gasteiger partial charge in [-0.15, -0.1) is 0 Å². The summed E-state index contributed by atoms with van der Waals surface area (Å²) in [5, 5.41) is 8.82. The zero-order valence-electron chi connectivity index (χ0n) is 16.1. The first-order valence-corrected chi connectivity index (χ1v) is 10.9. The topological polar surface area (TPSA) is 95.2 Å². The lowest BCUT2D eigenvalue weighted by Crippen LogP contribution is -2.29. The second-order valence-corrected chi connectivity index (χ2v) is 8.78. The maximum atomic E-state index is 13.2. The zero-order chi connectivity index (χ0) is 21.3. The molecule has 2 aliphatic heterocycles. The number of pyridine rings is 1. The summed E-state index contributed by atoms with van der Waals surface area (Å²) >= 11 is 6.44. The predicted octanol–water partition coefficient (Wildman–Crippen LogP) is 2.36. The van der Waals surface area contributed by atoms with E-state index in [1.165, 1.54) is 9.30 Å². The fraction of sp³-hybridized carbons (Fsp3) is 0.350. The van der Waals surface area contributed by atoms with Crippen LogP contribution in [0.15, 0.2) is 34.1 Å². The molecule has 2 fully saturated rings. The van der Waals surface area contributed by atoms with Crippen LogP contribution >= 0.6 is 24.0 Å². The van der Waals surface area contributed by atoms with Gasteiger partial charge in [-0.25, -0.2) is 4.98 Å². The molecule has 2 aliphatic rings. The number of fused-ring (bicyclic) bond motifs is 1. The SMILES string of the molecule is O=C(O)CCCN1C(=O)/C(=C\c2c(N3CCCC3)nc3ccccn3c2=O)SC1=S. The Morgan fingerprint density at radius 1 is 1.27 bits per heavy atom.